The van der Waals surface area contributed by atoms with Gasteiger partial charge in [0, 0.05) is 17.5 Å². The standard InChI is InChI=1S/C20H17FN4OS2/c1-3-28(26)17-6-4-5-16-18(15-11-12-22-20(23-15)27-2)19(24-25(16)17)13-7-9-14(21)10-8-13/h4-12H,3H2,1-2H3. The third-order valence-corrected chi connectivity index (χ3v) is 6.17. The summed E-state index contributed by atoms with van der Waals surface area (Å²) in [5.41, 5.74) is 3.74. The number of hydrogen-bond donors (Lipinski definition) is 0. The van der Waals surface area contributed by atoms with Crippen molar-refractivity contribution in [1.29, 1.82) is 0 Å². The first-order valence-electron chi connectivity index (χ1n) is 8.66. The second-order valence-electron chi connectivity index (χ2n) is 5.95. The lowest BCUT2D eigenvalue weighted by atomic mass is 10.0. The Morgan fingerprint density at radius 3 is 2.64 bits per heavy atom. The van der Waals surface area contributed by atoms with Crippen molar-refractivity contribution in [2.45, 2.75) is 17.1 Å². The molecule has 0 N–H and O–H groups in total. The van der Waals surface area contributed by atoms with Crippen molar-refractivity contribution in [2.75, 3.05) is 12.0 Å². The van der Waals surface area contributed by atoms with Crippen LogP contribution in [-0.2, 0) is 10.8 Å². The Morgan fingerprint density at radius 1 is 1.14 bits per heavy atom. The summed E-state index contributed by atoms with van der Waals surface area (Å²) >= 11 is 1.45. The lowest BCUT2D eigenvalue weighted by Gasteiger charge is -2.05. The number of benzene rings is 1. The van der Waals surface area contributed by atoms with Gasteiger partial charge in [-0.1, -0.05) is 24.8 Å². The predicted molar refractivity (Wildman–Crippen MR) is 110 cm³/mol. The molecule has 0 saturated carbocycles. The lowest BCUT2D eigenvalue weighted by molar-refractivity contribution is 0.628. The maximum absolute atomic E-state index is 13.5. The molecule has 0 radical (unpaired) electrons. The molecule has 3 heterocycles. The van der Waals surface area contributed by atoms with Gasteiger partial charge in [0.1, 0.15) is 16.5 Å². The summed E-state index contributed by atoms with van der Waals surface area (Å²) in [6.45, 7) is 1.87. The summed E-state index contributed by atoms with van der Waals surface area (Å²) in [7, 11) is -1.18. The average Bonchev–Trinajstić information content (AvgIpc) is 3.13. The number of halogens is 1. The van der Waals surface area contributed by atoms with Gasteiger partial charge in [0.15, 0.2) is 5.16 Å². The van der Waals surface area contributed by atoms with Crippen LogP contribution in [0.2, 0.25) is 0 Å². The monoisotopic (exact) mass is 412 g/mol. The zero-order valence-electron chi connectivity index (χ0n) is 15.3. The zero-order valence-corrected chi connectivity index (χ0v) is 16.9. The van der Waals surface area contributed by atoms with Gasteiger partial charge in [-0.3, -0.25) is 4.21 Å². The number of hydrogen-bond acceptors (Lipinski definition) is 5. The highest BCUT2D eigenvalue weighted by Gasteiger charge is 2.20. The Kier molecular flexibility index (Phi) is 5.23. The Bertz CT molecular complexity index is 1170. The third kappa shape index (κ3) is 3.33. The topological polar surface area (TPSA) is 60.2 Å². The van der Waals surface area contributed by atoms with Gasteiger partial charge in [0.05, 0.1) is 27.6 Å². The molecular weight excluding hydrogens is 395 g/mol. The van der Waals surface area contributed by atoms with Crippen LogP contribution >= 0.6 is 11.8 Å². The van der Waals surface area contributed by atoms with Gasteiger partial charge in [0.2, 0.25) is 0 Å². The molecule has 4 rings (SSSR count). The minimum Gasteiger partial charge on any atom is -0.253 e. The molecule has 0 aliphatic heterocycles. The van der Waals surface area contributed by atoms with Gasteiger partial charge >= 0.3 is 0 Å². The van der Waals surface area contributed by atoms with Crippen molar-refractivity contribution >= 4 is 28.1 Å². The van der Waals surface area contributed by atoms with Crippen molar-refractivity contribution in [1.82, 2.24) is 19.6 Å². The Hall–Kier alpha value is -2.58. The number of nitrogens with zero attached hydrogens (tertiary/aromatic N) is 4. The number of fused-ring (bicyclic) bond motifs is 1. The molecule has 1 aromatic carbocycles. The van der Waals surface area contributed by atoms with Crippen LogP contribution in [0, 0.1) is 5.82 Å². The molecule has 0 bridgehead atoms. The quantitative estimate of drug-likeness (QED) is 0.358. The van der Waals surface area contributed by atoms with E-state index < -0.39 is 10.8 Å². The fourth-order valence-electron chi connectivity index (χ4n) is 3.01. The van der Waals surface area contributed by atoms with E-state index in [4.69, 9.17) is 5.10 Å². The van der Waals surface area contributed by atoms with Gasteiger partial charge in [-0.2, -0.15) is 5.10 Å². The van der Waals surface area contributed by atoms with Gasteiger partial charge < -0.3 is 0 Å². The molecule has 0 amide bonds. The van der Waals surface area contributed by atoms with Crippen LogP contribution in [0.5, 0.6) is 0 Å². The lowest BCUT2D eigenvalue weighted by Crippen LogP contribution is -2.03. The van der Waals surface area contributed by atoms with Crippen LogP contribution in [0.15, 0.2) is 64.9 Å². The Labute approximate surface area is 168 Å². The number of pyridine rings is 1. The van der Waals surface area contributed by atoms with Gasteiger partial charge in [-0.05, 0) is 48.7 Å². The smallest absolute Gasteiger partial charge is 0.187 e. The molecule has 5 nitrogen and oxygen atoms in total. The first kappa shape index (κ1) is 18.8. The van der Waals surface area contributed by atoms with Crippen LogP contribution < -0.4 is 0 Å². The molecule has 142 valence electrons. The summed E-state index contributed by atoms with van der Waals surface area (Å²) in [5.74, 6) is 0.179. The van der Waals surface area contributed by atoms with E-state index in [9.17, 15) is 8.60 Å². The van der Waals surface area contributed by atoms with E-state index in [1.165, 1.54) is 23.9 Å². The first-order chi connectivity index (χ1) is 13.6. The van der Waals surface area contributed by atoms with E-state index in [0.717, 1.165) is 16.6 Å². The van der Waals surface area contributed by atoms with Crippen molar-refractivity contribution in [3.05, 3.63) is 60.5 Å². The molecule has 1 atom stereocenters. The maximum Gasteiger partial charge on any atom is 0.187 e. The predicted octanol–water partition coefficient (Wildman–Crippen LogP) is 4.45. The minimum absolute atomic E-state index is 0.312. The fraction of sp³-hybridized carbons (Fsp3) is 0.150. The molecule has 1 unspecified atom stereocenters. The highest BCUT2D eigenvalue weighted by Crippen LogP contribution is 2.35. The summed E-state index contributed by atoms with van der Waals surface area (Å²) in [5, 5.41) is 6.01. The number of aromatic nitrogens is 4. The summed E-state index contributed by atoms with van der Waals surface area (Å²) < 4.78 is 27.7. The Morgan fingerprint density at radius 2 is 1.93 bits per heavy atom. The van der Waals surface area contributed by atoms with Crippen LogP contribution in [0.25, 0.3) is 28.0 Å². The second kappa shape index (κ2) is 7.81. The van der Waals surface area contributed by atoms with Gasteiger partial charge in [-0.25, -0.2) is 18.9 Å². The van der Waals surface area contributed by atoms with E-state index in [-0.39, 0.29) is 5.82 Å². The van der Waals surface area contributed by atoms with Crippen molar-refractivity contribution in [2.24, 2.45) is 0 Å². The molecule has 4 aromatic rings. The van der Waals surface area contributed by atoms with Gasteiger partial charge in [0.25, 0.3) is 0 Å². The minimum atomic E-state index is -1.18. The van der Waals surface area contributed by atoms with Crippen molar-refractivity contribution in [3.8, 4) is 22.5 Å². The van der Waals surface area contributed by atoms with E-state index in [1.54, 1.807) is 22.8 Å². The van der Waals surface area contributed by atoms with E-state index in [0.29, 0.717) is 27.3 Å². The summed E-state index contributed by atoms with van der Waals surface area (Å²) in [6.07, 6.45) is 3.62. The van der Waals surface area contributed by atoms with Gasteiger partial charge in [-0.15, -0.1) is 0 Å². The molecule has 3 aromatic heterocycles. The van der Waals surface area contributed by atoms with Crippen LogP contribution in [-0.4, -0.2) is 35.8 Å². The molecule has 8 heteroatoms. The van der Waals surface area contributed by atoms with Crippen LogP contribution in [0.1, 0.15) is 6.92 Å². The van der Waals surface area contributed by atoms with Crippen molar-refractivity contribution < 1.29 is 8.60 Å². The van der Waals surface area contributed by atoms with Crippen LogP contribution in [0.4, 0.5) is 4.39 Å². The molecule has 0 aliphatic carbocycles. The normalized spacial score (nSPS) is 12.4. The molecular formula is C20H17FN4OS2. The first-order valence-corrected chi connectivity index (χ1v) is 11.2. The van der Waals surface area contributed by atoms with E-state index in [2.05, 4.69) is 9.97 Å². The largest absolute Gasteiger partial charge is 0.253 e. The third-order valence-electron chi connectivity index (χ3n) is 4.31. The average molecular weight is 413 g/mol. The molecule has 28 heavy (non-hydrogen) atoms. The van der Waals surface area contributed by atoms with Crippen LogP contribution in [0.3, 0.4) is 0 Å². The zero-order chi connectivity index (χ0) is 19.7. The summed E-state index contributed by atoms with van der Waals surface area (Å²) in [4.78, 5) is 8.88. The Balaban J connectivity index is 2.06. The van der Waals surface area contributed by atoms with Crippen molar-refractivity contribution in [3.63, 3.8) is 0 Å². The highest BCUT2D eigenvalue weighted by atomic mass is 32.2. The molecule has 0 saturated heterocycles. The molecule has 0 fully saturated rings. The fourth-order valence-corrected chi connectivity index (χ4v) is 4.22. The SMILES string of the molecule is CCS(=O)c1cccc2c(-c3ccnc(SC)n3)c(-c3ccc(F)cc3)nn12. The number of rotatable bonds is 5. The second-order valence-corrected chi connectivity index (χ2v) is 8.41. The highest BCUT2D eigenvalue weighted by molar-refractivity contribution is 7.98. The maximum atomic E-state index is 13.5. The molecule has 0 aliphatic rings. The summed E-state index contributed by atoms with van der Waals surface area (Å²) in [6, 6.07) is 13.6. The van der Waals surface area contributed by atoms with E-state index >= 15 is 0 Å². The van der Waals surface area contributed by atoms with E-state index in [1.807, 2.05) is 37.4 Å². The number of thioether (sulfide) groups is 1. The molecule has 0 spiro atoms.